The van der Waals surface area contributed by atoms with Crippen molar-refractivity contribution in [2.45, 2.75) is 13.5 Å². The Kier molecular flexibility index (Phi) is 3.65. The predicted octanol–water partition coefficient (Wildman–Crippen LogP) is 4.15. The number of nitrogen functional groups attached to an aromatic ring is 1. The van der Waals surface area contributed by atoms with Crippen LogP contribution in [-0.2, 0) is 6.61 Å². The minimum absolute atomic E-state index is 0.559. The van der Waals surface area contributed by atoms with Gasteiger partial charge in [0.25, 0.3) is 0 Å². The van der Waals surface area contributed by atoms with Crippen LogP contribution < -0.4 is 10.5 Å². The molecule has 2 aromatic carbocycles. The van der Waals surface area contributed by atoms with Gasteiger partial charge in [-0.2, -0.15) is 0 Å². The first-order valence-corrected chi connectivity index (χ1v) is 6.94. The molecule has 3 rings (SSSR count). The van der Waals surface area contributed by atoms with Gasteiger partial charge < -0.3 is 15.5 Å². The number of rotatable bonds is 4. The SMILES string of the molecule is Cc1ccc(OCc2ccccc2)cc1-c1[nH]ccc1N. The average molecular weight is 278 g/mol. The highest BCUT2D eigenvalue weighted by molar-refractivity contribution is 5.76. The van der Waals surface area contributed by atoms with E-state index in [2.05, 4.69) is 30.1 Å². The molecule has 3 nitrogen and oxygen atoms in total. The maximum absolute atomic E-state index is 5.98. The Bertz CT molecular complexity index is 732. The molecule has 1 aromatic heterocycles. The van der Waals surface area contributed by atoms with Crippen molar-refractivity contribution in [3.8, 4) is 17.0 Å². The Balaban J connectivity index is 1.83. The first kappa shape index (κ1) is 13.3. The van der Waals surface area contributed by atoms with Crippen molar-refractivity contribution in [2.24, 2.45) is 0 Å². The number of benzene rings is 2. The summed E-state index contributed by atoms with van der Waals surface area (Å²) in [5.74, 6) is 0.841. The van der Waals surface area contributed by atoms with Crippen LogP contribution in [0.4, 0.5) is 5.69 Å². The number of ether oxygens (including phenoxy) is 1. The number of aryl methyl sites for hydroxylation is 1. The van der Waals surface area contributed by atoms with Crippen molar-refractivity contribution in [3.05, 3.63) is 71.9 Å². The summed E-state index contributed by atoms with van der Waals surface area (Å²) in [6.45, 7) is 2.63. The third-order valence-electron chi connectivity index (χ3n) is 3.51. The third kappa shape index (κ3) is 2.92. The topological polar surface area (TPSA) is 51.0 Å². The lowest BCUT2D eigenvalue weighted by Gasteiger charge is -2.10. The van der Waals surface area contributed by atoms with Gasteiger partial charge in [0.05, 0.1) is 11.4 Å². The summed E-state index contributed by atoms with van der Waals surface area (Å²) in [5, 5.41) is 0. The van der Waals surface area contributed by atoms with Crippen LogP contribution in [0.15, 0.2) is 60.8 Å². The number of aromatic nitrogens is 1. The molecule has 21 heavy (non-hydrogen) atoms. The maximum Gasteiger partial charge on any atom is 0.120 e. The highest BCUT2D eigenvalue weighted by atomic mass is 16.5. The Morgan fingerprint density at radius 2 is 1.86 bits per heavy atom. The normalized spacial score (nSPS) is 10.5. The summed E-state index contributed by atoms with van der Waals surface area (Å²) in [4.78, 5) is 3.18. The third-order valence-corrected chi connectivity index (χ3v) is 3.51. The molecule has 0 aliphatic carbocycles. The van der Waals surface area contributed by atoms with Gasteiger partial charge in [-0.05, 0) is 36.2 Å². The van der Waals surface area contributed by atoms with Crippen LogP contribution in [0.3, 0.4) is 0 Å². The molecule has 0 bridgehead atoms. The van der Waals surface area contributed by atoms with E-state index in [-0.39, 0.29) is 0 Å². The number of nitrogens with two attached hydrogens (primary N) is 1. The fourth-order valence-corrected chi connectivity index (χ4v) is 2.32. The van der Waals surface area contributed by atoms with Crippen molar-refractivity contribution >= 4 is 5.69 Å². The number of hydrogen-bond acceptors (Lipinski definition) is 2. The zero-order valence-corrected chi connectivity index (χ0v) is 12.0. The molecule has 0 aliphatic rings. The average Bonchev–Trinajstić information content (AvgIpc) is 2.93. The second-order valence-corrected chi connectivity index (χ2v) is 5.06. The first-order valence-electron chi connectivity index (χ1n) is 6.94. The minimum atomic E-state index is 0.559. The fraction of sp³-hybridized carbons (Fsp3) is 0.111. The monoisotopic (exact) mass is 278 g/mol. The van der Waals surface area contributed by atoms with E-state index in [1.165, 1.54) is 0 Å². The first-order chi connectivity index (χ1) is 10.2. The lowest BCUT2D eigenvalue weighted by atomic mass is 10.0. The van der Waals surface area contributed by atoms with Gasteiger partial charge >= 0.3 is 0 Å². The van der Waals surface area contributed by atoms with Crippen LogP contribution >= 0.6 is 0 Å². The Morgan fingerprint density at radius 1 is 1.05 bits per heavy atom. The molecule has 0 spiro atoms. The van der Waals surface area contributed by atoms with Crippen LogP contribution in [0.25, 0.3) is 11.3 Å². The van der Waals surface area contributed by atoms with Crippen molar-refractivity contribution in [1.82, 2.24) is 4.98 Å². The van der Waals surface area contributed by atoms with Gasteiger partial charge in [0.1, 0.15) is 12.4 Å². The lowest BCUT2D eigenvalue weighted by Crippen LogP contribution is -1.96. The highest BCUT2D eigenvalue weighted by Crippen LogP contribution is 2.30. The van der Waals surface area contributed by atoms with Gasteiger partial charge in [0.2, 0.25) is 0 Å². The largest absolute Gasteiger partial charge is 0.489 e. The molecule has 0 fully saturated rings. The van der Waals surface area contributed by atoms with Crippen LogP contribution in [0.2, 0.25) is 0 Å². The zero-order valence-electron chi connectivity index (χ0n) is 12.0. The molecular formula is C18H18N2O. The number of H-pyrrole nitrogens is 1. The molecule has 0 atom stereocenters. The zero-order chi connectivity index (χ0) is 14.7. The molecule has 0 saturated heterocycles. The van der Waals surface area contributed by atoms with Gasteiger partial charge in [0.15, 0.2) is 0 Å². The van der Waals surface area contributed by atoms with Crippen molar-refractivity contribution in [1.29, 1.82) is 0 Å². The second kappa shape index (κ2) is 5.75. The smallest absolute Gasteiger partial charge is 0.120 e. The minimum Gasteiger partial charge on any atom is -0.489 e. The van der Waals surface area contributed by atoms with Crippen molar-refractivity contribution < 1.29 is 4.74 Å². The number of nitrogens with one attached hydrogen (secondary N) is 1. The van der Waals surface area contributed by atoms with E-state index in [9.17, 15) is 0 Å². The molecule has 1 heterocycles. The van der Waals surface area contributed by atoms with Gasteiger partial charge in [-0.15, -0.1) is 0 Å². The number of hydrogen-bond donors (Lipinski definition) is 2. The van der Waals surface area contributed by atoms with Crippen LogP contribution in [-0.4, -0.2) is 4.98 Å². The van der Waals surface area contributed by atoms with E-state index in [0.717, 1.165) is 33.8 Å². The molecule has 0 saturated carbocycles. The van der Waals surface area contributed by atoms with Gasteiger partial charge in [-0.1, -0.05) is 36.4 Å². The molecule has 0 amide bonds. The quantitative estimate of drug-likeness (QED) is 0.753. The summed E-state index contributed by atoms with van der Waals surface area (Å²) in [6, 6.07) is 18.1. The van der Waals surface area contributed by atoms with Crippen LogP contribution in [0.5, 0.6) is 5.75 Å². The van der Waals surface area contributed by atoms with Gasteiger partial charge in [0, 0.05) is 11.8 Å². The van der Waals surface area contributed by atoms with Crippen LogP contribution in [0, 0.1) is 6.92 Å². The van der Waals surface area contributed by atoms with Gasteiger partial charge in [-0.3, -0.25) is 0 Å². The molecule has 0 radical (unpaired) electrons. The summed E-state index contributed by atoms with van der Waals surface area (Å²) < 4.78 is 5.87. The Labute approximate surface area is 124 Å². The van der Waals surface area contributed by atoms with Crippen molar-refractivity contribution in [3.63, 3.8) is 0 Å². The Hall–Kier alpha value is -2.68. The van der Waals surface area contributed by atoms with Crippen LogP contribution in [0.1, 0.15) is 11.1 Å². The van der Waals surface area contributed by atoms with E-state index in [1.807, 2.05) is 42.6 Å². The molecule has 0 aliphatic heterocycles. The highest BCUT2D eigenvalue weighted by Gasteiger charge is 2.08. The summed E-state index contributed by atoms with van der Waals surface area (Å²) in [7, 11) is 0. The van der Waals surface area contributed by atoms with E-state index < -0.39 is 0 Å². The summed E-state index contributed by atoms with van der Waals surface area (Å²) >= 11 is 0. The molecule has 0 unspecified atom stereocenters. The van der Waals surface area contributed by atoms with E-state index in [1.54, 1.807) is 0 Å². The lowest BCUT2D eigenvalue weighted by molar-refractivity contribution is 0.306. The molecule has 3 N–H and O–H groups in total. The molecular weight excluding hydrogens is 260 g/mol. The van der Waals surface area contributed by atoms with Crippen molar-refractivity contribution in [2.75, 3.05) is 5.73 Å². The molecule has 106 valence electrons. The summed E-state index contributed by atoms with van der Waals surface area (Å²) in [6.07, 6.45) is 1.85. The van der Waals surface area contributed by atoms with E-state index in [4.69, 9.17) is 10.5 Å². The molecule has 3 aromatic rings. The number of anilines is 1. The fourth-order valence-electron chi connectivity index (χ4n) is 2.32. The molecule has 3 heteroatoms. The summed E-state index contributed by atoms with van der Waals surface area (Å²) in [5.41, 5.74) is 11.1. The predicted molar refractivity (Wildman–Crippen MR) is 86.2 cm³/mol. The van der Waals surface area contributed by atoms with Gasteiger partial charge in [-0.25, -0.2) is 0 Å². The second-order valence-electron chi connectivity index (χ2n) is 5.06. The van der Waals surface area contributed by atoms with E-state index >= 15 is 0 Å². The Morgan fingerprint density at radius 3 is 2.57 bits per heavy atom. The number of aromatic amines is 1. The standard InChI is InChI=1S/C18H18N2O/c1-13-7-8-15(21-12-14-5-3-2-4-6-14)11-16(13)18-17(19)9-10-20-18/h2-11,20H,12,19H2,1H3. The van der Waals surface area contributed by atoms with E-state index in [0.29, 0.717) is 6.61 Å². The maximum atomic E-state index is 5.98.